The van der Waals surface area contributed by atoms with E-state index >= 15 is 0 Å². The zero-order valence-electron chi connectivity index (χ0n) is 20.8. The molecule has 1 aliphatic carbocycles. The van der Waals surface area contributed by atoms with E-state index < -0.39 is 5.41 Å². The number of amides is 3. The van der Waals surface area contributed by atoms with Gasteiger partial charge < -0.3 is 14.4 Å². The number of hydrogen-bond acceptors (Lipinski definition) is 6. The highest BCUT2D eigenvalue weighted by atomic mass is 16.5. The van der Waals surface area contributed by atoms with Gasteiger partial charge in [-0.3, -0.25) is 24.4 Å². The van der Waals surface area contributed by atoms with Crippen LogP contribution in [0.4, 0.5) is 0 Å². The highest BCUT2D eigenvalue weighted by Crippen LogP contribution is 2.44. The number of aromatic amines is 1. The second kappa shape index (κ2) is 10.6. The summed E-state index contributed by atoms with van der Waals surface area (Å²) in [7, 11) is 4.83. The number of aromatic nitrogens is 2. The molecule has 1 aliphatic heterocycles. The number of carbonyl (C=O) groups is 3. The van der Waals surface area contributed by atoms with E-state index in [-0.39, 0.29) is 37.1 Å². The van der Waals surface area contributed by atoms with E-state index in [0.717, 1.165) is 37.1 Å². The Morgan fingerprint density at radius 3 is 2.74 bits per heavy atom. The third kappa shape index (κ3) is 4.82. The Hall–Kier alpha value is -3.20. The molecule has 0 bridgehead atoms. The molecule has 2 aromatic rings. The van der Waals surface area contributed by atoms with Gasteiger partial charge in [-0.2, -0.15) is 5.10 Å². The van der Waals surface area contributed by atoms with Crippen molar-refractivity contribution in [1.82, 2.24) is 20.0 Å². The Morgan fingerprint density at radius 1 is 1.20 bits per heavy atom. The maximum absolute atomic E-state index is 13.8. The van der Waals surface area contributed by atoms with Crippen LogP contribution in [0, 0.1) is 0 Å². The predicted molar refractivity (Wildman–Crippen MR) is 129 cm³/mol. The Morgan fingerprint density at radius 2 is 1.97 bits per heavy atom. The topological polar surface area (TPSA) is 105 Å². The molecule has 1 fully saturated rings. The largest absolute Gasteiger partial charge is 0.496 e. The molecule has 1 saturated heterocycles. The van der Waals surface area contributed by atoms with Gasteiger partial charge in [0.05, 0.1) is 24.8 Å². The van der Waals surface area contributed by atoms with Crippen LogP contribution < -0.4 is 4.74 Å². The van der Waals surface area contributed by atoms with Gasteiger partial charge in [-0.1, -0.05) is 18.2 Å². The van der Waals surface area contributed by atoms with Gasteiger partial charge in [0.1, 0.15) is 5.75 Å². The van der Waals surface area contributed by atoms with Crippen molar-refractivity contribution in [3.63, 3.8) is 0 Å². The smallest absolute Gasteiger partial charge is 0.241 e. The van der Waals surface area contributed by atoms with Crippen LogP contribution in [0.15, 0.2) is 24.3 Å². The van der Waals surface area contributed by atoms with Crippen LogP contribution in [-0.4, -0.2) is 72.1 Å². The lowest BCUT2D eigenvalue weighted by atomic mass is 9.75. The number of ether oxygens (including phenoxy) is 2. The van der Waals surface area contributed by atoms with Crippen LogP contribution in [0.25, 0.3) is 0 Å². The third-order valence-electron chi connectivity index (χ3n) is 7.17. The lowest BCUT2D eigenvalue weighted by Crippen LogP contribution is -2.43. The molecular formula is C26H34N4O5. The van der Waals surface area contributed by atoms with Gasteiger partial charge in [0.2, 0.25) is 17.7 Å². The minimum atomic E-state index is -1.31. The number of hydrogen-bond donors (Lipinski definition) is 1. The molecule has 3 amide bonds. The molecule has 0 spiro atoms. The van der Waals surface area contributed by atoms with E-state index in [1.54, 1.807) is 37.3 Å². The van der Waals surface area contributed by atoms with Crippen molar-refractivity contribution in [1.29, 1.82) is 0 Å². The number of H-pyrrole nitrogens is 1. The van der Waals surface area contributed by atoms with Gasteiger partial charge in [-0.05, 0) is 43.7 Å². The second-order valence-corrected chi connectivity index (χ2v) is 9.42. The average Bonchev–Trinajstić information content (AvgIpc) is 3.38. The fraction of sp³-hybridized carbons (Fsp3) is 0.538. The molecule has 35 heavy (non-hydrogen) atoms. The molecule has 2 heterocycles. The summed E-state index contributed by atoms with van der Waals surface area (Å²) in [6, 6.07) is 7.14. The van der Waals surface area contributed by atoms with Gasteiger partial charge in [0.15, 0.2) is 0 Å². The van der Waals surface area contributed by atoms with Crippen molar-refractivity contribution in [3.8, 4) is 5.75 Å². The Balaban J connectivity index is 1.61. The van der Waals surface area contributed by atoms with E-state index in [4.69, 9.17) is 9.47 Å². The van der Waals surface area contributed by atoms with Crippen LogP contribution in [-0.2, 0) is 43.9 Å². The van der Waals surface area contributed by atoms with E-state index in [9.17, 15) is 14.4 Å². The van der Waals surface area contributed by atoms with Crippen molar-refractivity contribution >= 4 is 17.7 Å². The van der Waals surface area contributed by atoms with Gasteiger partial charge in [-0.25, -0.2) is 0 Å². The predicted octanol–water partition coefficient (Wildman–Crippen LogP) is 2.38. The molecule has 0 saturated carbocycles. The molecule has 1 atom stereocenters. The first-order valence-electron chi connectivity index (χ1n) is 12.2. The highest BCUT2D eigenvalue weighted by molar-refractivity contribution is 6.11. The number of benzene rings is 1. The Labute approximate surface area is 205 Å². The van der Waals surface area contributed by atoms with Gasteiger partial charge in [0, 0.05) is 51.4 Å². The molecule has 1 unspecified atom stereocenters. The first kappa shape index (κ1) is 24.9. The molecule has 188 valence electrons. The number of nitrogens with zero attached hydrogens (tertiary/aromatic N) is 3. The molecule has 1 aromatic heterocycles. The second-order valence-electron chi connectivity index (χ2n) is 9.42. The van der Waals surface area contributed by atoms with Crippen molar-refractivity contribution in [2.45, 2.75) is 56.9 Å². The summed E-state index contributed by atoms with van der Waals surface area (Å²) in [6.45, 7) is 1.05. The summed E-state index contributed by atoms with van der Waals surface area (Å²) >= 11 is 0. The molecule has 4 rings (SSSR count). The first-order valence-corrected chi connectivity index (χ1v) is 12.2. The standard InChI is InChI=1S/C26H34N4O5/c1-29(17-21-18-9-4-6-11-20(18)27-28-21)23(31)15-26(19-10-5-7-12-22(19)35-3)16-24(32)30(25(26)33)13-8-14-34-2/h5,7,10,12H,4,6,8-9,11,13-17H2,1-3H3,(H,27,28). The molecule has 2 aliphatic rings. The van der Waals surface area contributed by atoms with Crippen LogP contribution in [0.3, 0.4) is 0 Å². The number of carbonyl (C=O) groups excluding carboxylic acids is 3. The van der Waals surface area contributed by atoms with E-state index in [1.807, 2.05) is 6.07 Å². The third-order valence-corrected chi connectivity index (χ3v) is 7.17. The van der Waals surface area contributed by atoms with Crippen LogP contribution in [0.1, 0.15) is 54.6 Å². The quantitative estimate of drug-likeness (QED) is 0.412. The number of nitrogens with one attached hydrogen (secondary N) is 1. The van der Waals surface area contributed by atoms with Crippen molar-refractivity contribution < 1.29 is 23.9 Å². The highest BCUT2D eigenvalue weighted by Gasteiger charge is 2.55. The lowest BCUT2D eigenvalue weighted by molar-refractivity contribution is -0.142. The Bertz CT molecular complexity index is 1100. The van der Waals surface area contributed by atoms with Crippen LogP contribution in [0.5, 0.6) is 5.75 Å². The van der Waals surface area contributed by atoms with Crippen LogP contribution >= 0.6 is 0 Å². The monoisotopic (exact) mass is 482 g/mol. The summed E-state index contributed by atoms with van der Waals surface area (Å²) in [5.41, 5.74) is 2.48. The number of aryl methyl sites for hydroxylation is 1. The minimum Gasteiger partial charge on any atom is -0.496 e. The summed E-state index contributed by atoms with van der Waals surface area (Å²) in [5, 5.41) is 7.57. The number of rotatable bonds is 10. The molecule has 9 nitrogen and oxygen atoms in total. The van der Waals surface area contributed by atoms with Crippen molar-refractivity contribution in [2.24, 2.45) is 0 Å². The fourth-order valence-corrected chi connectivity index (χ4v) is 5.26. The normalized spacial score (nSPS) is 19.7. The lowest BCUT2D eigenvalue weighted by Gasteiger charge is -2.30. The molecule has 0 radical (unpaired) electrons. The number of imide groups is 1. The minimum absolute atomic E-state index is 0.0728. The maximum Gasteiger partial charge on any atom is 0.241 e. The van der Waals surface area contributed by atoms with Crippen molar-refractivity contribution in [3.05, 3.63) is 46.8 Å². The summed E-state index contributed by atoms with van der Waals surface area (Å²) in [6.07, 6.45) is 4.53. The fourth-order valence-electron chi connectivity index (χ4n) is 5.26. The van der Waals surface area contributed by atoms with Gasteiger partial charge >= 0.3 is 0 Å². The Kier molecular flexibility index (Phi) is 7.54. The number of fused-ring (bicyclic) bond motifs is 1. The number of likely N-dealkylation sites (tertiary alicyclic amines) is 1. The number of methoxy groups -OCH3 is 2. The molecule has 1 aromatic carbocycles. The van der Waals surface area contributed by atoms with Gasteiger partial charge in [0.25, 0.3) is 0 Å². The number of para-hydroxylation sites is 1. The van der Waals surface area contributed by atoms with Gasteiger partial charge in [-0.15, -0.1) is 0 Å². The van der Waals surface area contributed by atoms with Crippen LogP contribution in [0.2, 0.25) is 0 Å². The summed E-state index contributed by atoms with van der Waals surface area (Å²) in [5.74, 6) is -0.372. The molecular weight excluding hydrogens is 448 g/mol. The zero-order valence-corrected chi connectivity index (χ0v) is 20.8. The van der Waals surface area contributed by atoms with E-state index in [1.165, 1.54) is 17.6 Å². The van der Waals surface area contributed by atoms with Crippen molar-refractivity contribution in [2.75, 3.05) is 34.4 Å². The molecule has 1 N–H and O–H groups in total. The summed E-state index contributed by atoms with van der Waals surface area (Å²) in [4.78, 5) is 43.2. The van der Waals surface area contributed by atoms with E-state index in [0.29, 0.717) is 30.9 Å². The SMILES string of the molecule is COCCCN1C(=O)CC(CC(=O)N(C)Cc2n[nH]c3c2CCCC3)(c2ccccc2OC)C1=O. The summed E-state index contributed by atoms with van der Waals surface area (Å²) < 4.78 is 10.6. The average molecular weight is 483 g/mol. The first-order chi connectivity index (χ1) is 16.9. The van der Waals surface area contributed by atoms with E-state index in [2.05, 4.69) is 10.2 Å². The zero-order chi connectivity index (χ0) is 25.0. The molecule has 9 heteroatoms. The maximum atomic E-state index is 13.8.